The van der Waals surface area contributed by atoms with Crippen LogP contribution in [0.15, 0.2) is 97.1 Å². The molecule has 0 aromatic heterocycles. The van der Waals surface area contributed by atoms with E-state index in [-0.39, 0.29) is 17.4 Å². The van der Waals surface area contributed by atoms with Crippen LogP contribution < -0.4 is 4.90 Å². The third kappa shape index (κ3) is 2.60. The fourth-order valence-corrected chi connectivity index (χ4v) is 4.84. The summed E-state index contributed by atoms with van der Waals surface area (Å²) in [6.07, 6.45) is 4.95. The van der Waals surface area contributed by atoms with Gasteiger partial charge in [0.05, 0.1) is 11.5 Å². The van der Waals surface area contributed by atoms with Crippen LogP contribution in [0.25, 0.3) is 5.57 Å². The zero-order valence-electron chi connectivity index (χ0n) is 15.8. The molecule has 1 heterocycles. The first-order valence-corrected chi connectivity index (χ1v) is 9.98. The molecule has 3 aromatic rings. The van der Waals surface area contributed by atoms with Crippen LogP contribution in [0.2, 0.25) is 0 Å². The van der Waals surface area contributed by atoms with E-state index in [1.165, 1.54) is 16.7 Å². The van der Waals surface area contributed by atoms with Crippen molar-refractivity contribution in [3.05, 3.63) is 108 Å². The van der Waals surface area contributed by atoms with Crippen molar-refractivity contribution in [1.82, 2.24) is 0 Å². The summed E-state index contributed by atoms with van der Waals surface area (Å²) in [4.78, 5) is 15.5. The number of hydrogen-bond donors (Lipinski definition) is 0. The van der Waals surface area contributed by atoms with E-state index in [0.29, 0.717) is 0 Å². The monoisotopic (exact) mass is 365 g/mol. The first-order valence-electron chi connectivity index (χ1n) is 9.98. The molecule has 0 saturated carbocycles. The highest BCUT2D eigenvalue weighted by molar-refractivity contribution is 6.06. The van der Waals surface area contributed by atoms with Gasteiger partial charge in [-0.15, -0.1) is 0 Å². The van der Waals surface area contributed by atoms with E-state index in [4.69, 9.17) is 0 Å². The predicted octanol–water partition coefficient (Wildman–Crippen LogP) is 6.03. The number of rotatable bonds is 3. The van der Waals surface area contributed by atoms with Gasteiger partial charge in [0.25, 0.3) is 0 Å². The molecule has 1 spiro atoms. The Labute approximate surface area is 166 Å². The summed E-state index contributed by atoms with van der Waals surface area (Å²) in [6, 6.07) is 31.2. The Morgan fingerprint density at radius 2 is 1.39 bits per heavy atom. The van der Waals surface area contributed by atoms with Crippen molar-refractivity contribution in [2.45, 2.75) is 25.3 Å². The predicted molar refractivity (Wildman–Crippen MR) is 114 cm³/mol. The summed E-state index contributed by atoms with van der Waals surface area (Å²) >= 11 is 0. The fourth-order valence-electron chi connectivity index (χ4n) is 4.84. The third-order valence-electron chi connectivity index (χ3n) is 6.27. The van der Waals surface area contributed by atoms with Crippen LogP contribution in [0.3, 0.4) is 0 Å². The molecular weight excluding hydrogens is 342 g/mol. The Balaban J connectivity index is 1.52. The second kappa shape index (κ2) is 6.79. The second-order valence-electron chi connectivity index (χ2n) is 7.78. The van der Waals surface area contributed by atoms with E-state index in [2.05, 4.69) is 54.6 Å². The van der Waals surface area contributed by atoms with Crippen molar-refractivity contribution in [1.29, 1.82) is 0 Å². The quantitative estimate of drug-likeness (QED) is 0.519. The van der Waals surface area contributed by atoms with Gasteiger partial charge in [-0.1, -0.05) is 84.9 Å². The van der Waals surface area contributed by atoms with Gasteiger partial charge in [0.2, 0.25) is 5.91 Å². The van der Waals surface area contributed by atoms with Gasteiger partial charge >= 0.3 is 0 Å². The SMILES string of the molecule is O=C1N(c2ccccc2)C(c2ccccc2)C12CC=C(c1ccccc1)CC2. The molecule has 2 nitrogen and oxygen atoms in total. The molecule has 1 aliphatic heterocycles. The smallest absolute Gasteiger partial charge is 0.236 e. The molecule has 2 heteroatoms. The van der Waals surface area contributed by atoms with Crippen molar-refractivity contribution in [3.63, 3.8) is 0 Å². The van der Waals surface area contributed by atoms with Crippen molar-refractivity contribution < 1.29 is 4.79 Å². The summed E-state index contributed by atoms with van der Waals surface area (Å²) in [6.45, 7) is 0. The molecule has 1 fully saturated rings. The average Bonchev–Trinajstić information content (AvgIpc) is 2.79. The van der Waals surface area contributed by atoms with E-state index in [1.807, 2.05) is 47.4 Å². The average molecular weight is 365 g/mol. The summed E-state index contributed by atoms with van der Waals surface area (Å²) in [7, 11) is 0. The van der Waals surface area contributed by atoms with E-state index >= 15 is 0 Å². The van der Waals surface area contributed by atoms with Gasteiger partial charge in [-0.25, -0.2) is 0 Å². The Morgan fingerprint density at radius 1 is 0.786 bits per heavy atom. The molecule has 0 N–H and O–H groups in total. The largest absolute Gasteiger partial charge is 0.303 e. The van der Waals surface area contributed by atoms with Gasteiger partial charge in [-0.2, -0.15) is 0 Å². The van der Waals surface area contributed by atoms with Gasteiger partial charge in [-0.3, -0.25) is 4.79 Å². The minimum Gasteiger partial charge on any atom is -0.303 e. The van der Waals surface area contributed by atoms with Crippen LogP contribution in [0.1, 0.15) is 36.4 Å². The highest BCUT2D eigenvalue weighted by Gasteiger charge is 2.61. The maximum absolute atomic E-state index is 13.5. The lowest BCUT2D eigenvalue weighted by molar-refractivity contribution is -0.141. The van der Waals surface area contributed by atoms with Crippen LogP contribution in [0.5, 0.6) is 0 Å². The number of allylic oxidation sites excluding steroid dienone is 2. The Hall–Kier alpha value is -3.13. The first-order chi connectivity index (χ1) is 13.8. The molecule has 3 aromatic carbocycles. The van der Waals surface area contributed by atoms with Gasteiger partial charge in [0.1, 0.15) is 0 Å². The zero-order valence-corrected chi connectivity index (χ0v) is 15.8. The molecule has 2 aliphatic rings. The summed E-state index contributed by atoms with van der Waals surface area (Å²) < 4.78 is 0. The summed E-state index contributed by atoms with van der Waals surface area (Å²) in [5.41, 5.74) is 4.53. The lowest BCUT2D eigenvalue weighted by Gasteiger charge is -2.57. The minimum atomic E-state index is -0.324. The molecular formula is C26H23NO. The van der Waals surface area contributed by atoms with E-state index in [1.54, 1.807) is 0 Å². The van der Waals surface area contributed by atoms with Crippen LogP contribution in [-0.2, 0) is 4.79 Å². The van der Waals surface area contributed by atoms with E-state index < -0.39 is 0 Å². The van der Waals surface area contributed by atoms with Crippen molar-refractivity contribution in [2.24, 2.45) is 5.41 Å². The zero-order chi connectivity index (χ0) is 19.0. The number of benzene rings is 3. The molecule has 1 amide bonds. The highest BCUT2D eigenvalue weighted by Crippen LogP contribution is 2.59. The maximum atomic E-state index is 13.5. The van der Waals surface area contributed by atoms with Gasteiger partial charge < -0.3 is 4.90 Å². The van der Waals surface area contributed by atoms with Crippen LogP contribution >= 0.6 is 0 Å². The number of nitrogens with zero attached hydrogens (tertiary/aromatic N) is 1. The number of anilines is 1. The normalized spacial score (nSPS) is 24.0. The highest BCUT2D eigenvalue weighted by atomic mass is 16.2. The van der Waals surface area contributed by atoms with Crippen molar-refractivity contribution in [3.8, 4) is 0 Å². The number of β-lactam (4-membered cyclic amide) rings is 1. The molecule has 2 atom stereocenters. The summed E-state index contributed by atoms with van der Waals surface area (Å²) in [5, 5.41) is 0. The number of carbonyl (C=O) groups is 1. The Kier molecular flexibility index (Phi) is 4.12. The third-order valence-corrected chi connectivity index (χ3v) is 6.27. The molecule has 0 radical (unpaired) electrons. The van der Waals surface area contributed by atoms with Gasteiger partial charge in [0, 0.05) is 5.69 Å². The molecule has 2 unspecified atom stereocenters. The van der Waals surface area contributed by atoms with Crippen LogP contribution in [0.4, 0.5) is 5.69 Å². The van der Waals surface area contributed by atoms with Crippen LogP contribution in [0, 0.1) is 5.41 Å². The molecule has 28 heavy (non-hydrogen) atoms. The Morgan fingerprint density at radius 3 is 2.00 bits per heavy atom. The summed E-state index contributed by atoms with van der Waals surface area (Å²) in [5.74, 6) is 0.260. The van der Waals surface area contributed by atoms with E-state index in [9.17, 15) is 4.79 Å². The number of carbonyl (C=O) groups excluding carboxylic acids is 1. The second-order valence-corrected chi connectivity index (χ2v) is 7.78. The van der Waals surface area contributed by atoms with Crippen molar-refractivity contribution in [2.75, 3.05) is 4.90 Å². The number of hydrogen-bond acceptors (Lipinski definition) is 1. The fraction of sp³-hybridized carbons (Fsp3) is 0.192. The lowest BCUT2D eigenvalue weighted by atomic mass is 9.60. The van der Waals surface area contributed by atoms with Crippen LogP contribution in [-0.4, -0.2) is 5.91 Å². The topological polar surface area (TPSA) is 20.3 Å². The maximum Gasteiger partial charge on any atom is 0.236 e. The molecule has 1 aliphatic carbocycles. The van der Waals surface area contributed by atoms with Gasteiger partial charge in [0.15, 0.2) is 0 Å². The standard InChI is InChI=1S/C26H23NO/c28-25-26(18-16-21(17-19-26)20-10-4-1-5-11-20)24(22-12-6-2-7-13-22)27(25)23-14-8-3-9-15-23/h1-16,24H,17-19H2. The van der Waals surface area contributed by atoms with Crippen molar-refractivity contribution >= 4 is 17.2 Å². The molecule has 0 bridgehead atoms. The first kappa shape index (κ1) is 17.0. The minimum absolute atomic E-state index is 0.0946. The molecule has 5 rings (SSSR count). The number of para-hydroxylation sites is 1. The van der Waals surface area contributed by atoms with E-state index in [0.717, 1.165) is 24.9 Å². The van der Waals surface area contributed by atoms with Gasteiger partial charge in [-0.05, 0) is 48.1 Å². The Bertz CT molecular complexity index is 1010. The number of amides is 1. The lowest BCUT2D eigenvalue weighted by Crippen LogP contribution is -2.64. The molecule has 1 saturated heterocycles. The molecule has 138 valence electrons.